The molecule has 1 fully saturated rings. The second-order valence-electron chi connectivity index (χ2n) is 6.14. The normalized spacial score (nSPS) is 15.0. The monoisotopic (exact) mass is 374 g/mol. The molecule has 1 saturated heterocycles. The molecule has 0 spiro atoms. The minimum atomic E-state index is -0.342. The summed E-state index contributed by atoms with van der Waals surface area (Å²) in [4.78, 5) is 28.4. The fourth-order valence-electron chi connectivity index (χ4n) is 2.85. The van der Waals surface area contributed by atoms with Gasteiger partial charge in [-0.3, -0.25) is 4.79 Å². The Hall–Kier alpha value is -3.30. The summed E-state index contributed by atoms with van der Waals surface area (Å²) < 4.78 is 9.61. The first-order valence-corrected chi connectivity index (χ1v) is 8.66. The number of nitrogens with two attached hydrogens (primary N) is 1. The molecule has 0 saturated carbocycles. The Morgan fingerprint density at radius 3 is 2.37 bits per heavy atom. The zero-order valence-corrected chi connectivity index (χ0v) is 15.1. The van der Waals surface area contributed by atoms with Crippen molar-refractivity contribution in [3.63, 3.8) is 0 Å². The largest absolute Gasteiger partial charge is 0.497 e. The molecule has 10 heteroatoms. The summed E-state index contributed by atoms with van der Waals surface area (Å²) in [5.41, 5.74) is 6.28. The number of nitrogens with zero attached hydrogens (tertiary/aromatic N) is 4. The van der Waals surface area contributed by atoms with Crippen LogP contribution in [-0.2, 0) is 0 Å². The van der Waals surface area contributed by atoms with Crippen molar-refractivity contribution in [1.29, 1.82) is 0 Å². The minimum Gasteiger partial charge on any atom is -0.497 e. The van der Waals surface area contributed by atoms with Crippen LogP contribution in [0.25, 0.3) is 0 Å². The number of anilines is 2. The number of aromatic nitrogens is 2. The third kappa shape index (κ3) is 4.46. The van der Waals surface area contributed by atoms with E-state index in [2.05, 4.69) is 20.3 Å². The summed E-state index contributed by atoms with van der Waals surface area (Å²) in [5.74, 6) is 0.345. The average molecular weight is 374 g/mol. The Bertz CT molecular complexity index is 791. The Labute approximate surface area is 156 Å². The van der Waals surface area contributed by atoms with Gasteiger partial charge in [0.1, 0.15) is 5.75 Å². The van der Waals surface area contributed by atoms with Crippen molar-refractivity contribution in [1.82, 2.24) is 20.1 Å². The number of nitrogen functional groups attached to an aromatic ring is 1. The highest BCUT2D eigenvalue weighted by Crippen LogP contribution is 2.16. The summed E-state index contributed by atoms with van der Waals surface area (Å²) in [7, 11) is 1.59. The van der Waals surface area contributed by atoms with Gasteiger partial charge in [-0.05, 0) is 47.4 Å². The molecule has 0 atom stereocenters. The van der Waals surface area contributed by atoms with Crippen molar-refractivity contribution in [2.24, 2.45) is 0 Å². The van der Waals surface area contributed by atoms with Crippen LogP contribution in [0.5, 0.6) is 5.75 Å². The van der Waals surface area contributed by atoms with Crippen LogP contribution in [0.4, 0.5) is 16.3 Å². The van der Waals surface area contributed by atoms with E-state index in [4.69, 9.17) is 10.5 Å². The van der Waals surface area contributed by atoms with Crippen LogP contribution in [0.1, 0.15) is 23.3 Å². The molecule has 0 aliphatic carbocycles. The number of benzene rings is 1. The molecule has 2 aromatic rings. The lowest BCUT2D eigenvalue weighted by molar-refractivity contribution is 0.0712. The highest BCUT2D eigenvalue weighted by molar-refractivity contribution is 5.96. The molecule has 1 aliphatic rings. The standard InChI is InChI=1S/C17H22N6O4/c1-26-13-6-4-12(5-7-13)19-17(25)23-9-3-2-8-22(10-11-23)16(24)14-15(18)21-27-20-14/h4-7H,2-3,8-11H2,1H3,(H2,18,21)(H,19,25). The number of carbonyl (C=O) groups is 2. The molecular formula is C17H22N6O4. The maximum Gasteiger partial charge on any atom is 0.321 e. The van der Waals surface area contributed by atoms with Gasteiger partial charge in [-0.1, -0.05) is 0 Å². The number of urea groups is 1. The smallest absolute Gasteiger partial charge is 0.321 e. The quantitative estimate of drug-likeness (QED) is 0.832. The number of hydrogen-bond donors (Lipinski definition) is 2. The van der Waals surface area contributed by atoms with Gasteiger partial charge in [-0.15, -0.1) is 0 Å². The van der Waals surface area contributed by atoms with Crippen LogP contribution in [0.3, 0.4) is 0 Å². The first-order chi connectivity index (χ1) is 13.1. The van der Waals surface area contributed by atoms with Crippen molar-refractivity contribution >= 4 is 23.4 Å². The van der Waals surface area contributed by atoms with E-state index in [9.17, 15) is 9.59 Å². The van der Waals surface area contributed by atoms with Crippen LogP contribution in [0, 0.1) is 0 Å². The highest BCUT2D eigenvalue weighted by atomic mass is 16.6. The van der Waals surface area contributed by atoms with Gasteiger partial charge in [0.25, 0.3) is 5.91 Å². The zero-order valence-electron chi connectivity index (χ0n) is 15.1. The SMILES string of the molecule is COc1ccc(NC(=O)N2CCCCN(C(=O)c3nonc3N)CC2)cc1. The van der Waals surface area contributed by atoms with Gasteiger partial charge in [0.05, 0.1) is 7.11 Å². The van der Waals surface area contributed by atoms with E-state index < -0.39 is 0 Å². The van der Waals surface area contributed by atoms with Gasteiger partial charge in [0, 0.05) is 31.9 Å². The van der Waals surface area contributed by atoms with Gasteiger partial charge < -0.3 is 25.6 Å². The Morgan fingerprint density at radius 2 is 1.74 bits per heavy atom. The fraction of sp³-hybridized carbons (Fsp3) is 0.412. The topological polar surface area (TPSA) is 127 Å². The van der Waals surface area contributed by atoms with Gasteiger partial charge >= 0.3 is 6.03 Å². The number of ether oxygens (including phenoxy) is 1. The third-order valence-electron chi connectivity index (χ3n) is 4.38. The van der Waals surface area contributed by atoms with E-state index in [0.717, 1.165) is 18.6 Å². The van der Waals surface area contributed by atoms with Crippen LogP contribution < -0.4 is 15.8 Å². The summed E-state index contributed by atoms with van der Waals surface area (Å²) in [6.45, 7) is 1.97. The van der Waals surface area contributed by atoms with Crippen LogP contribution in [-0.4, -0.2) is 65.3 Å². The Kier molecular flexibility index (Phi) is 5.74. The number of amides is 3. The minimum absolute atomic E-state index is 0.00445. The molecule has 0 unspecified atom stereocenters. The fourth-order valence-corrected chi connectivity index (χ4v) is 2.85. The number of methoxy groups -OCH3 is 1. The predicted molar refractivity (Wildman–Crippen MR) is 97.4 cm³/mol. The van der Waals surface area contributed by atoms with Crippen LogP contribution in [0.2, 0.25) is 0 Å². The van der Waals surface area contributed by atoms with Crippen molar-refractivity contribution in [2.75, 3.05) is 44.3 Å². The lowest BCUT2D eigenvalue weighted by atomic mass is 10.2. The lowest BCUT2D eigenvalue weighted by Crippen LogP contribution is -2.45. The summed E-state index contributed by atoms with van der Waals surface area (Å²) >= 11 is 0. The molecule has 0 bridgehead atoms. The summed E-state index contributed by atoms with van der Waals surface area (Å²) in [6.07, 6.45) is 1.55. The van der Waals surface area contributed by atoms with Gasteiger partial charge in [-0.25, -0.2) is 9.42 Å². The Balaban J connectivity index is 1.60. The molecule has 3 amide bonds. The molecule has 3 rings (SSSR count). The van der Waals surface area contributed by atoms with E-state index in [1.165, 1.54) is 0 Å². The molecule has 10 nitrogen and oxygen atoms in total. The number of hydrogen-bond acceptors (Lipinski definition) is 7. The first kappa shape index (κ1) is 18.5. The second-order valence-corrected chi connectivity index (χ2v) is 6.14. The highest BCUT2D eigenvalue weighted by Gasteiger charge is 2.25. The third-order valence-corrected chi connectivity index (χ3v) is 4.38. The number of rotatable bonds is 3. The molecule has 1 aliphatic heterocycles. The summed E-state index contributed by atoms with van der Waals surface area (Å²) in [6, 6.07) is 6.89. The van der Waals surface area contributed by atoms with Crippen molar-refractivity contribution in [3.05, 3.63) is 30.0 Å². The second kappa shape index (κ2) is 8.39. The van der Waals surface area contributed by atoms with E-state index in [0.29, 0.717) is 31.9 Å². The molecule has 0 radical (unpaired) electrons. The average Bonchev–Trinajstić information content (AvgIpc) is 3.08. The van der Waals surface area contributed by atoms with Crippen molar-refractivity contribution < 1.29 is 19.0 Å². The molecule has 27 heavy (non-hydrogen) atoms. The Morgan fingerprint density at radius 1 is 1.07 bits per heavy atom. The first-order valence-electron chi connectivity index (χ1n) is 8.66. The van der Waals surface area contributed by atoms with Gasteiger partial charge in [0.15, 0.2) is 0 Å². The van der Waals surface area contributed by atoms with Gasteiger partial charge in [0.2, 0.25) is 11.5 Å². The van der Waals surface area contributed by atoms with Crippen LogP contribution >= 0.6 is 0 Å². The maximum absolute atomic E-state index is 12.6. The summed E-state index contributed by atoms with van der Waals surface area (Å²) in [5, 5.41) is 9.86. The van der Waals surface area contributed by atoms with Gasteiger partial charge in [-0.2, -0.15) is 0 Å². The van der Waals surface area contributed by atoms with E-state index >= 15 is 0 Å². The molecule has 144 valence electrons. The lowest BCUT2D eigenvalue weighted by Gasteiger charge is -2.30. The van der Waals surface area contributed by atoms with Crippen molar-refractivity contribution in [2.45, 2.75) is 12.8 Å². The molecule has 3 N–H and O–H groups in total. The van der Waals surface area contributed by atoms with Crippen molar-refractivity contribution in [3.8, 4) is 5.75 Å². The zero-order chi connectivity index (χ0) is 19.2. The van der Waals surface area contributed by atoms with Crippen LogP contribution in [0.15, 0.2) is 28.9 Å². The molecule has 1 aromatic heterocycles. The molecular weight excluding hydrogens is 352 g/mol. The van der Waals surface area contributed by atoms with E-state index in [1.807, 2.05) is 0 Å². The number of carbonyl (C=O) groups excluding carboxylic acids is 2. The molecule has 1 aromatic carbocycles. The van der Waals surface area contributed by atoms with E-state index in [-0.39, 0.29) is 23.5 Å². The predicted octanol–water partition coefficient (Wildman–Crippen LogP) is 1.43. The maximum atomic E-state index is 12.6. The van der Waals surface area contributed by atoms with E-state index in [1.54, 1.807) is 41.2 Å². The molecule has 2 heterocycles. The number of nitrogens with one attached hydrogen (secondary N) is 1.